The Balaban J connectivity index is 2.21. The number of halogens is 3. The van der Waals surface area contributed by atoms with Crippen molar-refractivity contribution in [2.45, 2.75) is 19.4 Å². The number of hydrogen-bond acceptors (Lipinski definition) is 2. The van der Waals surface area contributed by atoms with Crippen molar-refractivity contribution < 1.29 is 5.11 Å². The Morgan fingerprint density at radius 3 is 2.61 bits per heavy atom. The van der Waals surface area contributed by atoms with Gasteiger partial charge < -0.3 is 5.11 Å². The van der Waals surface area contributed by atoms with E-state index in [1.54, 1.807) is 11.3 Å². The molecule has 0 aliphatic carbocycles. The molecule has 1 N–H and O–H groups in total. The van der Waals surface area contributed by atoms with E-state index in [2.05, 4.69) is 31.9 Å². The zero-order chi connectivity index (χ0) is 13.3. The molecule has 0 fully saturated rings. The lowest BCUT2D eigenvalue weighted by atomic mass is 10.0. The Bertz CT molecular complexity index is 568. The third-order valence-electron chi connectivity index (χ3n) is 2.66. The lowest BCUT2D eigenvalue weighted by Crippen LogP contribution is -2.01. The Hall–Kier alpha value is 0.130. The monoisotopic (exact) mass is 408 g/mol. The Kier molecular flexibility index (Phi) is 4.89. The molecule has 5 heteroatoms. The summed E-state index contributed by atoms with van der Waals surface area (Å²) in [5.41, 5.74) is 2.98. The summed E-state index contributed by atoms with van der Waals surface area (Å²) in [6, 6.07) is 7.83. The van der Waals surface area contributed by atoms with Crippen LogP contribution < -0.4 is 0 Å². The predicted molar refractivity (Wildman–Crippen MR) is 84.6 cm³/mol. The lowest BCUT2D eigenvalue weighted by molar-refractivity contribution is 0.178. The van der Waals surface area contributed by atoms with Crippen LogP contribution >= 0.6 is 54.8 Å². The molecule has 1 aromatic carbocycles. The second-order valence-electron chi connectivity index (χ2n) is 4.09. The van der Waals surface area contributed by atoms with Crippen LogP contribution in [0, 0.1) is 6.92 Å². The van der Waals surface area contributed by atoms with Crippen molar-refractivity contribution >= 4 is 54.8 Å². The highest BCUT2D eigenvalue weighted by atomic mass is 79.9. The third kappa shape index (κ3) is 3.36. The molecule has 0 amide bonds. The average molecular weight is 411 g/mol. The number of aryl methyl sites for hydroxylation is 1. The molecule has 1 heterocycles. The molecule has 0 bridgehead atoms. The van der Waals surface area contributed by atoms with E-state index >= 15 is 0 Å². The summed E-state index contributed by atoms with van der Waals surface area (Å²) in [6.07, 6.45) is -0.0388. The predicted octanol–water partition coefficient (Wildman–Crippen LogP) is 5.51. The summed E-state index contributed by atoms with van der Waals surface area (Å²) in [7, 11) is 0. The Morgan fingerprint density at radius 1 is 1.33 bits per heavy atom. The third-order valence-corrected chi connectivity index (χ3v) is 5.40. The van der Waals surface area contributed by atoms with Gasteiger partial charge in [0.2, 0.25) is 0 Å². The standard InChI is InChI=1S/C13H11Br2ClOS/c1-7-2-3-8(10(16)4-7)5-11(17)9-6-12(14)18-13(9)15/h2-4,6,11,17H,5H2,1H3. The first-order chi connectivity index (χ1) is 8.47. The van der Waals surface area contributed by atoms with Gasteiger partial charge in [-0.3, -0.25) is 0 Å². The van der Waals surface area contributed by atoms with Crippen molar-refractivity contribution in [2.24, 2.45) is 0 Å². The first-order valence-electron chi connectivity index (χ1n) is 5.35. The fourth-order valence-electron chi connectivity index (χ4n) is 1.72. The SMILES string of the molecule is Cc1ccc(CC(O)c2cc(Br)sc2Br)c(Cl)c1. The molecule has 1 unspecified atom stereocenters. The fourth-order valence-corrected chi connectivity index (χ4v) is 4.98. The minimum absolute atomic E-state index is 0.515. The molecule has 0 aliphatic heterocycles. The topological polar surface area (TPSA) is 20.2 Å². The van der Waals surface area contributed by atoms with Gasteiger partial charge in [0.25, 0.3) is 0 Å². The second kappa shape index (κ2) is 6.06. The van der Waals surface area contributed by atoms with Gasteiger partial charge in [0.1, 0.15) is 0 Å². The number of thiophene rings is 1. The maximum absolute atomic E-state index is 10.3. The lowest BCUT2D eigenvalue weighted by Gasteiger charge is -2.11. The van der Waals surface area contributed by atoms with Crippen LogP contribution in [-0.4, -0.2) is 5.11 Å². The fraction of sp³-hybridized carbons (Fsp3) is 0.231. The summed E-state index contributed by atoms with van der Waals surface area (Å²) >= 11 is 14.6. The molecule has 0 saturated carbocycles. The van der Waals surface area contributed by atoms with E-state index in [4.69, 9.17) is 11.6 Å². The molecule has 1 atom stereocenters. The zero-order valence-electron chi connectivity index (χ0n) is 9.58. The van der Waals surface area contributed by atoms with Crippen molar-refractivity contribution in [1.82, 2.24) is 0 Å². The number of benzene rings is 1. The maximum atomic E-state index is 10.3. The van der Waals surface area contributed by atoms with E-state index in [1.807, 2.05) is 31.2 Å². The van der Waals surface area contributed by atoms with E-state index in [9.17, 15) is 5.11 Å². The molecule has 0 spiro atoms. The number of hydrogen-bond donors (Lipinski definition) is 1. The van der Waals surface area contributed by atoms with Crippen molar-refractivity contribution in [1.29, 1.82) is 0 Å². The van der Waals surface area contributed by atoms with Crippen LogP contribution in [0.5, 0.6) is 0 Å². The van der Waals surface area contributed by atoms with Crippen LogP contribution in [0.4, 0.5) is 0 Å². The minimum atomic E-state index is -0.554. The van der Waals surface area contributed by atoms with Gasteiger partial charge in [-0.05, 0) is 62.0 Å². The Labute approximate surface area is 132 Å². The molecule has 2 aromatic rings. The first-order valence-corrected chi connectivity index (χ1v) is 8.13. The van der Waals surface area contributed by atoms with Crippen molar-refractivity contribution in [3.8, 4) is 0 Å². The Morgan fingerprint density at radius 2 is 2.06 bits per heavy atom. The second-order valence-corrected chi connectivity index (χ2v) is 8.25. The molecule has 2 rings (SSSR count). The minimum Gasteiger partial charge on any atom is -0.388 e. The maximum Gasteiger partial charge on any atom is 0.0850 e. The molecule has 0 aliphatic rings. The van der Waals surface area contributed by atoms with Gasteiger partial charge in [-0.2, -0.15) is 0 Å². The normalized spacial score (nSPS) is 12.7. The quantitative estimate of drug-likeness (QED) is 0.707. The molecular formula is C13H11Br2ClOS. The number of rotatable bonds is 3. The summed E-state index contributed by atoms with van der Waals surface area (Å²) in [5.74, 6) is 0. The largest absolute Gasteiger partial charge is 0.388 e. The van der Waals surface area contributed by atoms with Crippen LogP contribution in [0.15, 0.2) is 31.8 Å². The van der Waals surface area contributed by atoms with Gasteiger partial charge in [0, 0.05) is 17.0 Å². The van der Waals surface area contributed by atoms with Gasteiger partial charge in [-0.15, -0.1) is 11.3 Å². The van der Waals surface area contributed by atoms with Crippen LogP contribution in [0.25, 0.3) is 0 Å². The molecule has 0 radical (unpaired) electrons. The van der Waals surface area contributed by atoms with Crippen LogP contribution in [0.1, 0.15) is 22.8 Å². The van der Waals surface area contributed by atoms with E-state index < -0.39 is 6.10 Å². The van der Waals surface area contributed by atoms with Gasteiger partial charge in [0.15, 0.2) is 0 Å². The zero-order valence-corrected chi connectivity index (χ0v) is 14.3. The summed E-state index contributed by atoms with van der Waals surface area (Å²) < 4.78 is 1.95. The number of aliphatic hydroxyl groups is 1. The van der Waals surface area contributed by atoms with Crippen LogP contribution in [0.3, 0.4) is 0 Å². The van der Waals surface area contributed by atoms with E-state index in [0.29, 0.717) is 11.4 Å². The molecule has 96 valence electrons. The highest BCUT2D eigenvalue weighted by molar-refractivity contribution is 9.12. The summed E-state index contributed by atoms with van der Waals surface area (Å²) in [6.45, 7) is 2.00. The van der Waals surface area contributed by atoms with Crippen molar-refractivity contribution in [2.75, 3.05) is 0 Å². The number of aliphatic hydroxyl groups excluding tert-OH is 1. The summed E-state index contributed by atoms with van der Waals surface area (Å²) in [5, 5.41) is 11.0. The van der Waals surface area contributed by atoms with E-state index in [0.717, 1.165) is 24.3 Å². The highest BCUT2D eigenvalue weighted by Crippen LogP contribution is 2.37. The molecule has 18 heavy (non-hydrogen) atoms. The van der Waals surface area contributed by atoms with E-state index in [-0.39, 0.29) is 0 Å². The van der Waals surface area contributed by atoms with E-state index in [1.165, 1.54) is 0 Å². The van der Waals surface area contributed by atoms with Gasteiger partial charge >= 0.3 is 0 Å². The molecule has 0 saturated heterocycles. The highest BCUT2D eigenvalue weighted by Gasteiger charge is 2.16. The van der Waals surface area contributed by atoms with Gasteiger partial charge in [0.05, 0.1) is 13.7 Å². The molecular weight excluding hydrogens is 399 g/mol. The van der Waals surface area contributed by atoms with Crippen LogP contribution in [0.2, 0.25) is 5.02 Å². The average Bonchev–Trinajstić information content (AvgIpc) is 2.62. The molecule has 1 aromatic heterocycles. The summed E-state index contributed by atoms with van der Waals surface area (Å²) in [4.78, 5) is 0. The van der Waals surface area contributed by atoms with Crippen molar-refractivity contribution in [3.05, 3.63) is 53.6 Å². The van der Waals surface area contributed by atoms with Crippen molar-refractivity contribution in [3.63, 3.8) is 0 Å². The molecule has 1 nitrogen and oxygen atoms in total. The smallest absolute Gasteiger partial charge is 0.0850 e. The van der Waals surface area contributed by atoms with Gasteiger partial charge in [-0.25, -0.2) is 0 Å². The van der Waals surface area contributed by atoms with Gasteiger partial charge in [-0.1, -0.05) is 23.7 Å². The first kappa shape index (κ1) is 14.5. The van der Waals surface area contributed by atoms with Crippen LogP contribution in [-0.2, 0) is 6.42 Å².